The first-order valence-electron chi connectivity index (χ1n) is 7.19. The van der Waals surface area contributed by atoms with Crippen LogP contribution in [-0.4, -0.2) is 17.1 Å². The van der Waals surface area contributed by atoms with E-state index in [1.54, 1.807) is 0 Å². The Labute approximate surface area is 135 Å². The number of carbonyl (C=O) groups excluding carboxylic acids is 1. The topological polar surface area (TPSA) is 38.3 Å². The Morgan fingerprint density at radius 2 is 1.55 bits per heavy atom. The van der Waals surface area contributed by atoms with Crippen LogP contribution < -0.4 is 5.32 Å². The number of ether oxygens (including phenoxy) is 1. The SMILES string of the molecule is Cc1ccc(C(=O)C2OC(=S)NC2c2ccc(C)cc2)cc1. The fraction of sp³-hybridized carbons (Fsp3) is 0.222. The maximum absolute atomic E-state index is 12.7. The van der Waals surface area contributed by atoms with E-state index >= 15 is 0 Å². The van der Waals surface area contributed by atoms with Crippen LogP contribution in [0.2, 0.25) is 0 Å². The van der Waals surface area contributed by atoms with Crippen molar-refractivity contribution in [1.29, 1.82) is 0 Å². The van der Waals surface area contributed by atoms with Gasteiger partial charge < -0.3 is 10.1 Å². The molecule has 2 unspecified atom stereocenters. The lowest BCUT2D eigenvalue weighted by molar-refractivity contribution is 0.0787. The number of Topliss-reactive ketones (excluding diaryl/α,β-unsaturated/α-hetero) is 1. The Balaban J connectivity index is 1.90. The van der Waals surface area contributed by atoms with E-state index in [1.807, 2.05) is 62.4 Å². The summed E-state index contributed by atoms with van der Waals surface area (Å²) in [5.41, 5.74) is 3.93. The largest absolute Gasteiger partial charge is 0.457 e. The van der Waals surface area contributed by atoms with Crippen LogP contribution in [0.1, 0.15) is 33.1 Å². The summed E-state index contributed by atoms with van der Waals surface area (Å²) in [7, 11) is 0. The van der Waals surface area contributed by atoms with Crippen molar-refractivity contribution < 1.29 is 9.53 Å². The van der Waals surface area contributed by atoms with E-state index < -0.39 is 6.10 Å². The molecule has 3 nitrogen and oxygen atoms in total. The van der Waals surface area contributed by atoms with Crippen molar-refractivity contribution in [2.75, 3.05) is 0 Å². The summed E-state index contributed by atoms with van der Waals surface area (Å²) in [6.07, 6.45) is -0.627. The normalized spacial score (nSPS) is 20.4. The molecular weight excluding hydrogens is 294 g/mol. The summed E-state index contributed by atoms with van der Waals surface area (Å²) >= 11 is 5.10. The molecule has 1 heterocycles. The first kappa shape index (κ1) is 14.7. The van der Waals surface area contributed by atoms with Crippen molar-refractivity contribution >= 4 is 23.2 Å². The molecule has 112 valence electrons. The van der Waals surface area contributed by atoms with Gasteiger partial charge in [0, 0.05) is 5.56 Å². The van der Waals surface area contributed by atoms with Gasteiger partial charge >= 0.3 is 0 Å². The maximum atomic E-state index is 12.7. The van der Waals surface area contributed by atoms with Crippen LogP contribution in [0, 0.1) is 13.8 Å². The molecule has 1 N–H and O–H groups in total. The summed E-state index contributed by atoms with van der Waals surface area (Å²) in [5, 5.41) is 3.36. The predicted molar refractivity (Wildman–Crippen MR) is 90.0 cm³/mol. The number of aryl methyl sites for hydroxylation is 2. The monoisotopic (exact) mass is 311 g/mol. The Kier molecular flexibility index (Phi) is 3.94. The highest BCUT2D eigenvalue weighted by Crippen LogP contribution is 2.28. The zero-order chi connectivity index (χ0) is 15.7. The molecule has 1 aliphatic rings. The number of rotatable bonds is 3. The molecule has 2 atom stereocenters. The van der Waals surface area contributed by atoms with Crippen LogP contribution in [0.3, 0.4) is 0 Å². The van der Waals surface area contributed by atoms with E-state index in [4.69, 9.17) is 17.0 Å². The Bertz CT molecular complexity index is 707. The van der Waals surface area contributed by atoms with Crippen LogP contribution in [-0.2, 0) is 4.74 Å². The first-order valence-corrected chi connectivity index (χ1v) is 7.60. The molecule has 0 aromatic heterocycles. The average Bonchev–Trinajstić information content (AvgIpc) is 2.90. The third-order valence-corrected chi connectivity index (χ3v) is 4.06. The van der Waals surface area contributed by atoms with Crippen molar-refractivity contribution in [3.05, 3.63) is 70.8 Å². The van der Waals surface area contributed by atoms with E-state index in [-0.39, 0.29) is 17.0 Å². The highest BCUT2D eigenvalue weighted by Gasteiger charge is 2.38. The summed E-state index contributed by atoms with van der Waals surface area (Å²) in [6.45, 7) is 4.02. The standard InChI is InChI=1S/C18H17NO2S/c1-11-3-7-13(8-4-11)15-17(21-18(22)19-15)16(20)14-9-5-12(2)6-10-14/h3-10,15,17H,1-2H3,(H,19,22). The number of thiocarbonyl (C=S) groups is 1. The van der Waals surface area contributed by atoms with Gasteiger partial charge in [-0.25, -0.2) is 0 Å². The summed E-state index contributed by atoms with van der Waals surface area (Å²) < 4.78 is 5.58. The number of ketones is 1. The third kappa shape index (κ3) is 2.88. The zero-order valence-electron chi connectivity index (χ0n) is 12.5. The number of nitrogens with one attached hydrogen (secondary N) is 1. The van der Waals surface area contributed by atoms with Gasteiger partial charge in [0.2, 0.25) is 5.78 Å². The van der Waals surface area contributed by atoms with Gasteiger partial charge in [0.1, 0.15) is 0 Å². The lowest BCUT2D eigenvalue weighted by Gasteiger charge is -2.17. The summed E-state index contributed by atoms with van der Waals surface area (Å²) in [6, 6.07) is 15.3. The van der Waals surface area contributed by atoms with Crippen molar-refractivity contribution in [2.24, 2.45) is 0 Å². The molecule has 4 heteroatoms. The molecule has 0 aliphatic carbocycles. The van der Waals surface area contributed by atoms with Crippen LogP contribution in [0.25, 0.3) is 0 Å². The van der Waals surface area contributed by atoms with E-state index in [1.165, 1.54) is 5.56 Å². The highest BCUT2D eigenvalue weighted by molar-refractivity contribution is 7.80. The van der Waals surface area contributed by atoms with Gasteiger partial charge in [-0.3, -0.25) is 4.79 Å². The molecule has 22 heavy (non-hydrogen) atoms. The lowest BCUT2D eigenvalue weighted by Crippen LogP contribution is -2.29. The van der Waals surface area contributed by atoms with Gasteiger partial charge in [0.05, 0.1) is 6.04 Å². The number of carbonyl (C=O) groups is 1. The predicted octanol–water partition coefficient (Wildman–Crippen LogP) is 3.50. The second kappa shape index (κ2) is 5.89. The van der Waals surface area contributed by atoms with E-state index in [2.05, 4.69) is 5.32 Å². The van der Waals surface area contributed by atoms with Crippen molar-refractivity contribution in [2.45, 2.75) is 26.0 Å². The fourth-order valence-electron chi connectivity index (χ4n) is 2.54. The van der Waals surface area contributed by atoms with E-state index in [0.717, 1.165) is 11.1 Å². The van der Waals surface area contributed by atoms with Crippen LogP contribution in [0.4, 0.5) is 0 Å². The van der Waals surface area contributed by atoms with Gasteiger partial charge in [-0.05, 0) is 31.6 Å². The minimum Gasteiger partial charge on any atom is -0.457 e. The second-order valence-corrected chi connectivity index (χ2v) is 5.96. The molecule has 1 saturated heterocycles. The first-order chi connectivity index (χ1) is 10.5. The number of hydrogen-bond acceptors (Lipinski definition) is 3. The van der Waals surface area contributed by atoms with E-state index in [9.17, 15) is 4.79 Å². The highest BCUT2D eigenvalue weighted by atomic mass is 32.1. The summed E-state index contributed by atoms with van der Waals surface area (Å²) in [5.74, 6) is -0.0575. The molecule has 0 saturated carbocycles. The van der Waals surface area contributed by atoms with Crippen LogP contribution in [0.15, 0.2) is 48.5 Å². The molecule has 0 radical (unpaired) electrons. The Morgan fingerprint density at radius 3 is 2.14 bits per heavy atom. The molecular formula is C18H17NO2S. The molecule has 2 aromatic rings. The molecule has 2 aromatic carbocycles. The van der Waals surface area contributed by atoms with Gasteiger partial charge in [-0.15, -0.1) is 0 Å². The average molecular weight is 311 g/mol. The quantitative estimate of drug-likeness (QED) is 0.695. The van der Waals surface area contributed by atoms with Crippen LogP contribution >= 0.6 is 12.2 Å². The van der Waals surface area contributed by atoms with Gasteiger partial charge in [-0.1, -0.05) is 59.7 Å². The Hall–Kier alpha value is -2.20. The molecule has 0 bridgehead atoms. The fourth-order valence-corrected chi connectivity index (χ4v) is 2.77. The third-order valence-electron chi connectivity index (χ3n) is 3.84. The minimum absolute atomic E-state index is 0.0575. The Morgan fingerprint density at radius 1 is 1.00 bits per heavy atom. The van der Waals surface area contributed by atoms with Gasteiger partial charge in [0.25, 0.3) is 5.17 Å². The van der Waals surface area contributed by atoms with Gasteiger partial charge in [0.15, 0.2) is 6.10 Å². The lowest BCUT2D eigenvalue weighted by atomic mass is 9.95. The number of benzene rings is 2. The van der Waals surface area contributed by atoms with Crippen molar-refractivity contribution in [1.82, 2.24) is 5.32 Å². The number of hydrogen-bond donors (Lipinski definition) is 1. The minimum atomic E-state index is -0.627. The van der Waals surface area contributed by atoms with Crippen molar-refractivity contribution in [3.8, 4) is 0 Å². The molecule has 3 rings (SSSR count). The maximum Gasteiger partial charge on any atom is 0.258 e. The van der Waals surface area contributed by atoms with Crippen molar-refractivity contribution in [3.63, 3.8) is 0 Å². The van der Waals surface area contributed by atoms with Gasteiger partial charge in [-0.2, -0.15) is 0 Å². The second-order valence-electron chi connectivity index (χ2n) is 5.59. The van der Waals surface area contributed by atoms with E-state index in [0.29, 0.717) is 5.56 Å². The molecule has 1 aliphatic heterocycles. The smallest absolute Gasteiger partial charge is 0.258 e. The molecule has 0 amide bonds. The molecule has 0 spiro atoms. The zero-order valence-corrected chi connectivity index (χ0v) is 13.3. The summed E-state index contributed by atoms with van der Waals surface area (Å²) in [4.78, 5) is 12.7. The molecule has 1 fully saturated rings. The van der Waals surface area contributed by atoms with Crippen LogP contribution in [0.5, 0.6) is 0 Å².